The third kappa shape index (κ3) is 5.74. The van der Waals surface area contributed by atoms with Crippen molar-refractivity contribution in [1.82, 2.24) is 0 Å². The zero-order valence-corrected chi connectivity index (χ0v) is 13.7. The van der Waals surface area contributed by atoms with E-state index < -0.39 is 0 Å². The summed E-state index contributed by atoms with van der Waals surface area (Å²) >= 11 is 0. The van der Waals surface area contributed by atoms with Crippen LogP contribution in [0, 0.1) is 46.8 Å². The summed E-state index contributed by atoms with van der Waals surface area (Å²) < 4.78 is 0. The maximum Gasteiger partial charge on any atom is 0.152 e. The van der Waals surface area contributed by atoms with Crippen molar-refractivity contribution in [3.63, 3.8) is 0 Å². The van der Waals surface area contributed by atoms with Gasteiger partial charge in [0.05, 0.1) is 0 Å². The minimum absolute atomic E-state index is 0.505. The lowest BCUT2D eigenvalue weighted by molar-refractivity contribution is 0.222. The van der Waals surface area contributed by atoms with Crippen molar-refractivity contribution in [2.24, 2.45) is 23.7 Å². The van der Waals surface area contributed by atoms with Gasteiger partial charge in [-0.1, -0.05) is 64.2 Å². The molecule has 1 nitrogen and oxygen atoms in total. The van der Waals surface area contributed by atoms with Crippen LogP contribution < -0.4 is 0 Å². The van der Waals surface area contributed by atoms with Crippen LogP contribution in [0.5, 0.6) is 0 Å². The van der Waals surface area contributed by atoms with Gasteiger partial charge in [0, 0.05) is 11.8 Å². The second kappa shape index (κ2) is 9.15. The van der Waals surface area contributed by atoms with E-state index in [0.29, 0.717) is 5.92 Å². The van der Waals surface area contributed by atoms with Crippen molar-refractivity contribution in [2.45, 2.75) is 84.0 Å². The fourth-order valence-corrected chi connectivity index (χ4v) is 4.42. The molecular weight excluding hydrogens is 254 g/mol. The van der Waals surface area contributed by atoms with Crippen molar-refractivity contribution >= 4 is 0 Å². The molecule has 116 valence electrons. The van der Waals surface area contributed by atoms with E-state index in [1.165, 1.54) is 77.0 Å². The molecule has 0 unspecified atom stereocenters. The molecule has 0 amide bonds. The Hall–Kier alpha value is -0.950. The third-order valence-corrected chi connectivity index (χ3v) is 5.83. The lowest BCUT2D eigenvalue weighted by Gasteiger charge is -2.31. The van der Waals surface area contributed by atoms with E-state index in [4.69, 9.17) is 5.26 Å². The summed E-state index contributed by atoms with van der Waals surface area (Å²) in [6.07, 6.45) is 16.9. The van der Waals surface area contributed by atoms with E-state index in [1.807, 2.05) is 6.07 Å². The largest absolute Gasteiger partial charge is 0.183 e. The van der Waals surface area contributed by atoms with Gasteiger partial charge in [0.1, 0.15) is 0 Å². The van der Waals surface area contributed by atoms with Gasteiger partial charge in [-0.05, 0) is 43.4 Å². The van der Waals surface area contributed by atoms with Crippen molar-refractivity contribution in [3.05, 3.63) is 0 Å². The maximum absolute atomic E-state index is 8.51. The van der Waals surface area contributed by atoms with Crippen molar-refractivity contribution < 1.29 is 0 Å². The highest BCUT2D eigenvalue weighted by Gasteiger charge is 2.23. The van der Waals surface area contributed by atoms with Gasteiger partial charge in [0.25, 0.3) is 0 Å². The standard InChI is InChI=1S/C20H31N/c1-2-4-17-6-10-19(11-7-17)14-15-20-12-8-18(9-13-20)5-3-16-21/h17-20H,2,4,6-15H2,1H3/t17-,18-,19-,20-. The van der Waals surface area contributed by atoms with E-state index in [-0.39, 0.29) is 0 Å². The van der Waals surface area contributed by atoms with Crippen LogP contribution in [0.15, 0.2) is 0 Å². The van der Waals surface area contributed by atoms with Crippen molar-refractivity contribution in [2.75, 3.05) is 0 Å². The normalized spacial score (nSPS) is 32.8. The molecule has 0 atom stereocenters. The molecule has 0 aromatic rings. The van der Waals surface area contributed by atoms with Gasteiger partial charge in [-0.15, -0.1) is 0 Å². The molecule has 2 rings (SSSR count). The summed E-state index contributed by atoms with van der Waals surface area (Å²) in [4.78, 5) is 0. The second-order valence-corrected chi connectivity index (χ2v) is 7.35. The van der Waals surface area contributed by atoms with E-state index in [2.05, 4.69) is 18.8 Å². The molecule has 0 aromatic carbocycles. The fraction of sp³-hybridized carbons (Fsp3) is 0.850. The zero-order valence-electron chi connectivity index (χ0n) is 13.7. The monoisotopic (exact) mass is 285 g/mol. The molecule has 0 spiro atoms. The fourth-order valence-electron chi connectivity index (χ4n) is 4.42. The molecule has 0 saturated heterocycles. The highest BCUT2D eigenvalue weighted by atomic mass is 14.3. The Labute approximate surface area is 131 Å². The Morgan fingerprint density at radius 1 is 0.762 bits per heavy atom. The summed E-state index contributed by atoms with van der Waals surface area (Å²) in [5.41, 5.74) is 0. The average Bonchev–Trinajstić information content (AvgIpc) is 2.53. The van der Waals surface area contributed by atoms with Crippen LogP contribution in [0.1, 0.15) is 84.0 Å². The molecule has 0 radical (unpaired) electrons. The first-order valence-electron chi connectivity index (χ1n) is 9.21. The van der Waals surface area contributed by atoms with E-state index in [1.54, 1.807) is 0 Å². The molecule has 2 saturated carbocycles. The number of nitrogens with zero attached hydrogens (tertiary/aromatic N) is 1. The number of hydrogen-bond donors (Lipinski definition) is 0. The predicted molar refractivity (Wildman–Crippen MR) is 88.4 cm³/mol. The first-order chi connectivity index (χ1) is 10.3. The van der Waals surface area contributed by atoms with Crippen LogP contribution in [0.2, 0.25) is 0 Å². The summed E-state index contributed by atoms with van der Waals surface area (Å²) in [5.74, 6) is 9.20. The molecule has 0 aromatic heterocycles. The van der Waals surface area contributed by atoms with Crippen molar-refractivity contribution in [1.29, 1.82) is 5.26 Å². The highest BCUT2D eigenvalue weighted by Crippen LogP contribution is 2.37. The predicted octanol–water partition coefficient (Wildman–Crippen LogP) is 5.71. The van der Waals surface area contributed by atoms with Crippen LogP contribution in [0.3, 0.4) is 0 Å². The van der Waals surface area contributed by atoms with Crippen LogP contribution in [0.25, 0.3) is 0 Å². The van der Waals surface area contributed by atoms with Gasteiger partial charge in [0.2, 0.25) is 0 Å². The van der Waals surface area contributed by atoms with Crippen molar-refractivity contribution in [3.8, 4) is 17.9 Å². The van der Waals surface area contributed by atoms with E-state index in [9.17, 15) is 0 Å². The molecule has 0 N–H and O–H groups in total. The lowest BCUT2D eigenvalue weighted by Crippen LogP contribution is -2.17. The summed E-state index contributed by atoms with van der Waals surface area (Å²) in [5, 5.41) is 8.51. The lowest BCUT2D eigenvalue weighted by atomic mass is 9.75. The molecule has 21 heavy (non-hydrogen) atoms. The van der Waals surface area contributed by atoms with Crippen LogP contribution in [0.4, 0.5) is 0 Å². The van der Waals surface area contributed by atoms with Gasteiger partial charge in [-0.2, -0.15) is 5.26 Å². The quantitative estimate of drug-likeness (QED) is 0.594. The number of nitriles is 1. The summed E-state index contributed by atoms with van der Waals surface area (Å²) in [6, 6.07) is 1.95. The van der Waals surface area contributed by atoms with Crippen LogP contribution in [-0.2, 0) is 0 Å². The van der Waals surface area contributed by atoms with E-state index in [0.717, 1.165) is 17.8 Å². The van der Waals surface area contributed by atoms with Gasteiger partial charge < -0.3 is 0 Å². The van der Waals surface area contributed by atoms with Crippen LogP contribution >= 0.6 is 0 Å². The SMILES string of the molecule is CCC[C@H]1CC[C@H](CC[C@H]2CC[C@H](C#CC#N)CC2)CC1. The summed E-state index contributed by atoms with van der Waals surface area (Å²) in [6.45, 7) is 2.32. The maximum atomic E-state index is 8.51. The Morgan fingerprint density at radius 2 is 1.24 bits per heavy atom. The van der Waals surface area contributed by atoms with Gasteiger partial charge in [0.15, 0.2) is 6.07 Å². The molecule has 0 bridgehead atoms. The molecule has 2 fully saturated rings. The highest BCUT2D eigenvalue weighted by molar-refractivity contribution is 5.18. The Balaban J connectivity index is 1.59. The summed E-state index contributed by atoms with van der Waals surface area (Å²) in [7, 11) is 0. The number of rotatable bonds is 5. The molecule has 1 heteroatoms. The first-order valence-corrected chi connectivity index (χ1v) is 9.21. The van der Waals surface area contributed by atoms with Gasteiger partial charge in [-0.3, -0.25) is 0 Å². The first kappa shape index (κ1) is 16.4. The zero-order chi connectivity index (χ0) is 14.9. The molecular formula is C20H31N. The van der Waals surface area contributed by atoms with Gasteiger partial charge in [-0.25, -0.2) is 0 Å². The van der Waals surface area contributed by atoms with Gasteiger partial charge >= 0.3 is 0 Å². The Kier molecular flexibility index (Phi) is 7.15. The van der Waals surface area contributed by atoms with E-state index >= 15 is 0 Å². The topological polar surface area (TPSA) is 23.8 Å². The average molecular weight is 285 g/mol. The Bertz CT molecular complexity index is 378. The minimum Gasteiger partial charge on any atom is -0.183 e. The second-order valence-electron chi connectivity index (χ2n) is 7.35. The molecule has 0 heterocycles. The smallest absolute Gasteiger partial charge is 0.152 e. The Morgan fingerprint density at radius 3 is 1.71 bits per heavy atom. The minimum atomic E-state index is 0.505. The molecule has 2 aliphatic rings. The third-order valence-electron chi connectivity index (χ3n) is 5.83. The molecule has 0 aliphatic heterocycles. The van der Waals surface area contributed by atoms with Crippen LogP contribution in [-0.4, -0.2) is 0 Å². The molecule has 2 aliphatic carbocycles. The number of hydrogen-bond acceptors (Lipinski definition) is 1.